The van der Waals surface area contributed by atoms with Crippen molar-refractivity contribution in [3.63, 3.8) is 0 Å². The lowest BCUT2D eigenvalue weighted by molar-refractivity contribution is 0.215. The molecule has 0 radical (unpaired) electrons. The minimum Gasteiger partial charge on any atom is -0.489 e. The second-order valence-corrected chi connectivity index (χ2v) is 14.3. The lowest BCUT2D eigenvalue weighted by Crippen LogP contribution is -2.31. The molecule has 0 unspecified atom stereocenters. The first-order valence-electron chi connectivity index (χ1n) is 15.5. The summed E-state index contributed by atoms with van der Waals surface area (Å²) in [7, 11) is 0.739. The fraction of sp³-hybridized carbons (Fsp3) is 0.515. The van der Waals surface area contributed by atoms with Gasteiger partial charge in [0, 0.05) is 30.9 Å². The Kier molecular flexibility index (Phi) is 9.58. The van der Waals surface area contributed by atoms with Crippen LogP contribution in [0.25, 0.3) is 0 Å². The molecule has 1 aliphatic carbocycles. The Morgan fingerprint density at radius 2 is 1.65 bits per heavy atom. The zero-order chi connectivity index (χ0) is 30.7. The molecule has 0 amide bonds. The number of nitrogens with one attached hydrogen (secondary N) is 2. The number of benzene rings is 2. The monoisotopic (exact) mass is 606 g/mol. The van der Waals surface area contributed by atoms with Gasteiger partial charge in [-0.05, 0) is 122 Å². The molecule has 1 saturated carbocycles. The zero-order valence-corrected chi connectivity index (χ0v) is 27.2. The van der Waals surface area contributed by atoms with Gasteiger partial charge in [0.05, 0.1) is 17.5 Å². The molecule has 232 valence electrons. The number of hydrogen-bond donors (Lipinski definition) is 2. The molecule has 0 spiro atoms. The molecule has 1 aliphatic heterocycles. The van der Waals surface area contributed by atoms with Crippen LogP contribution < -0.4 is 15.4 Å². The van der Waals surface area contributed by atoms with Crippen molar-refractivity contribution in [3.05, 3.63) is 59.3 Å². The number of rotatable bonds is 10. The third-order valence-corrected chi connectivity index (χ3v) is 10.6. The van der Waals surface area contributed by atoms with Crippen LogP contribution in [-0.4, -0.2) is 66.9 Å². The highest BCUT2D eigenvalue weighted by Crippen LogP contribution is 2.40. The van der Waals surface area contributed by atoms with Gasteiger partial charge in [0.25, 0.3) is 0 Å². The topological polar surface area (TPSA) is 99.7 Å². The fourth-order valence-corrected chi connectivity index (χ4v) is 7.90. The molecule has 43 heavy (non-hydrogen) atoms. The first-order chi connectivity index (χ1) is 20.5. The molecule has 9 nitrogen and oxygen atoms in total. The van der Waals surface area contributed by atoms with E-state index >= 15 is 0 Å². The smallest absolute Gasteiger partial charge is 0.245 e. The standard InChI is InChI=1S/C33H46N6O3S/c1-22(2)42-30-20-27(25-13-15-26(16-14-25)38(5)6)23(3)19-29(30)36-33-34-21-24(4)32(37-33)35-28-11-7-8-12-31(28)43(40,41)39-17-9-10-18-39/h7-8,11-12,19-22,25-26H,9-10,13-18H2,1-6H3,(H2,34,35,36,37)/t25-,26+. The predicted octanol–water partition coefficient (Wildman–Crippen LogP) is 6.74. The minimum absolute atomic E-state index is 0.00537. The Labute approximate surface area is 257 Å². The Balaban J connectivity index is 1.41. The Morgan fingerprint density at radius 3 is 2.33 bits per heavy atom. The summed E-state index contributed by atoms with van der Waals surface area (Å²) in [4.78, 5) is 11.9. The van der Waals surface area contributed by atoms with Crippen LogP contribution in [-0.2, 0) is 10.0 Å². The van der Waals surface area contributed by atoms with Gasteiger partial charge in [0.1, 0.15) is 16.5 Å². The summed E-state index contributed by atoms with van der Waals surface area (Å²) >= 11 is 0. The van der Waals surface area contributed by atoms with Gasteiger partial charge in [-0.1, -0.05) is 12.1 Å². The molecular formula is C33H46N6O3S. The van der Waals surface area contributed by atoms with Crippen molar-refractivity contribution in [2.45, 2.75) is 89.2 Å². The number of anilines is 4. The van der Waals surface area contributed by atoms with Crippen molar-refractivity contribution < 1.29 is 13.2 Å². The van der Waals surface area contributed by atoms with E-state index in [4.69, 9.17) is 9.72 Å². The summed E-state index contributed by atoms with van der Waals surface area (Å²) in [6.07, 6.45) is 8.25. The summed E-state index contributed by atoms with van der Waals surface area (Å²) in [6, 6.07) is 12.0. The molecule has 2 fully saturated rings. The normalized spacial score (nSPS) is 19.6. The molecule has 0 bridgehead atoms. The molecule has 1 saturated heterocycles. The Morgan fingerprint density at radius 1 is 0.953 bits per heavy atom. The molecule has 2 aliphatic rings. The van der Waals surface area contributed by atoms with Gasteiger partial charge in [-0.3, -0.25) is 0 Å². The molecule has 3 aromatic rings. The molecule has 2 heterocycles. The summed E-state index contributed by atoms with van der Waals surface area (Å²) in [5.41, 5.74) is 4.68. The molecule has 1 aromatic heterocycles. The highest BCUT2D eigenvalue weighted by Gasteiger charge is 2.30. The van der Waals surface area contributed by atoms with E-state index in [-0.39, 0.29) is 11.0 Å². The van der Waals surface area contributed by atoms with Crippen molar-refractivity contribution >= 4 is 33.2 Å². The third kappa shape index (κ3) is 7.13. The van der Waals surface area contributed by atoms with Crippen molar-refractivity contribution in [1.29, 1.82) is 0 Å². The maximum Gasteiger partial charge on any atom is 0.245 e. The molecule has 10 heteroatoms. The van der Waals surface area contributed by atoms with E-state index in [1.807, 2.05) is 26.8 Å². The second kappa shape index (κ2) is 13.2. The quantitative estimate of drug-likeness (QED) is 0.262. The number of sulfonamides is 1. The number of hydrogen-bond acceptors (Lipinski definition) is 8. The van der Waals surface area contributed by atoms with E-state index in [1.165, 1.54) is 36.8 Å². The molecular weight excluding hydrogens is 560 g/mol. The predicted molar refractivity (Wildman–Crippen MR) is 173 cm³/mol. The van der Waals surface area contributed by atoms with Gasteiger partial charge < -0.3 is 20.3 Å². The molecule has 2 N–H and O–H groups in total. The van der Waals surface area contributed by atoms with Crippen LogP contribution in [0.5, 0.6) is 5.75 Å². The SMILES string of the molecule is Cc1cnc(Nc2cc(C)c([C@H]3CC[C@@H](N(C)C)CC3)cc2OC(C)C)nc1Nc1ccccc1S(=O)(=O)N1CCCC1. The lowest BCUT2D eigenvalue weighted by atomic mass is 9.80. The zero-order valence-electron chi connectivity index (χ0n) is 26.4. The van der Waals surface area contributed by atoms with Crippen LogP contribution in [0.15, 0.2) is 47.5 Å². The summed E-state index contributed by atoms with van der Waals surface area (Å²) in [5.74, 6) is 2.24. The van der Waals surface area contributed by atoms with Gasteiger partial charge in [0.2, 0.25) is 16.0 Å². The summed E-state index contributed by atoms with van der Waals surface area (Å²) in [6.45, 7) is 9.23. The maximum atomic E-state index is 13.4. The first kappa shape index (κ1) is 31.2. The number of ether oxygens (including phenoxy) is 1. The van der Waals surface area contributed by atoms with E-state index in [2.05, 4.69) is 53.7 Å². The maximum absolute atomic E-state index is 13.4. The van der Waals surface area contributed by atoms with Crippen LogP contribution in [0.2, 0.25) is 0 Å². The van der Waals surface area contributed by atoms with E-state index < -0.39 is 10.0 Å². The minimum atomic E-state index is -3.61. The van der Waals surface area contributed by atoms with Crippen LogP contribution >= 0.6 is 0 Å². The summed E-state index contributed by atoms with van der Waals surface area (Å²) < 4.78 is 34.7. The Bertz CT molecular complexity index is 1530. The van der Waals surface area contributed by atoms with Crippen LogP contribution in [0.1, 0.15) is 75.0 Å². The van der Waals surface area contributed by atoms with Crippen molar-refractivity contribution in [1.82, 2.24) is 19.2 Å². The highest BCUT2D eigenvalue weighted by molar-refractivity contribution is 7.89. The van der Waals surface area contributed by atoms with E-state index in [0.29, 0.717) is 42.5 Å². The third-order valence-electron chi connectivity index (χ3n) is 8.64. The first-order valence-corrected chi connectivity index (χ1v) is 16.9. The largest absolute Gasteiger partial charge is 0.489 e. The molecule has 5 rings (SSSR count). The number of nitrogens with zero attached hydrogens (tertiary/aromatic N) is 4. The fourth-order valence-electron chi connectivity index (χ4n) is 6.24. The number of aromatic nitrogens is 2. The van der Waals surface area contributed by atoms with Gasteiger partial charge in [-0.15, -0.1) is 0 Å². The molecule has 0 atom stereocenters. The van der Waals surface area contributed by atoms with Gasteiger partial charge in [-0.25, -0.2) is 13.4 Å². The lowest BCUT2D eigenvalue weighted by Gasteiger charge is -2.33. The van der Waals surface area contributed by atoms with Crippen molar-refractivity contribution in [2.24, 2.45) is 0 Å². The summed E-state index contributed by atoms with van der Waals surface area (Å²) in [5, 5.41) is 6.68. The van der Waals surface area contributed by atoms with E-state index in [9.17, 15) is 8.42 Å². The van der Waals surface area contributed by atoms with Crippen molar-refractivity contribution in [3.8, 4) is 5.75 Å². The highest BCUT2D eigenvalue weighted by atomic mass is 32.2. The van der Waals surface area contributed by atoms with Crippen LogP contribution in [0, 0.1) is 13.8 Å². The average molecular weight is 607 g/mol. The van der Waals surface area contributed by atoms with E-state index in [1.54, 1.807) is 28.7 Å². The second-order valence-electron chi connectivity index (χ2n) is 12.4. The van der Waals surface area contributed by atoms with Crippen LogP contribution in [0.3, 0.4) is 0 Å². The van der Waals surface area contributed by atoms with E-state index in [0.717, 1.165) is 29.8 Å². The number of para-hydroxylation sites is 1. The Hall–Kier alpha value is -3.21. The molecule has 2 aromatic carbocycles. The van der Waals surface area contributed by atoms with Crippen LogP contribution in [0.4, 0.5) is 23.1 Å². The van der Waals surface area contributed by atoms with Gasteiger partial charge in [-0.2, -0.15) is 9.29 Å². The average Bonchev–Trinajstić information content (AvgIpc) is 3.53. The number of aryl methyl sites for hydroxylation is 2. The van der Waals surface area contributed by atoms with Gasteiger partial charge in [0.15, 0.2) is 0 Å². The van der Waals surface area contributed by atoms with Gasteiger partial charge >= 0.3 is 0 Å². The van der Waals surface area contributed by atoms with Crippen molar-refractivity contribution in [2.75, 3.05) is 37.8 Å².